The van der Waals surface area contributed by atoms with Gasteiger partial charge in [0.15, 0.2) is 0 Å². The van der Waals surface area contributed by atoms with E-state index in [1.165, 1.54) is 0 Å². The average Bonchev–Trinajstić information content (AvgIpc) is 2.71. The molecular weight excluding hydrogens is 212 g/mol. The Morgan fingerprint density at radius 2 is 2.24 bits per heavy atom. The van der Waals surface area contributed by atoms with E-state index in [4.69, 9.17) is 0 Å². The summed E-state index contributed by atoms with van der Waals surface area (Å²) < 4.78 is 2.12. The minimum absolute atomic E-state index is 0.855. The Morgan fingerprint density at radius 1 is 1.35 bits per heavy atom. The molecule has 0 aliphatic rings. The van der Waals surface area contributed by atoms with Crippen molar-refractivity contribution >= 4 is 5.95 Å². The van der Waals surface area contributed by atoms with Gasteiger partial charge in [-0.3, -0.25) is 4.98 Å². The number of aromatic nitrogens is 3. The maximum atomic E-state index is 4.44. The fourth-order valence-electron chi connectivity index (χ4n) is 1.78. The van der Waals surface area contributed by atoms with Crippen LogP contribution in [0.15, 0.2) is 30.6 Å². The maximum absolute atomic E-state index is 4.44. The van der Waals surface area contributed by atoms with Crippen molar-refractivity contribution in [1.29, 1.82) is 0 Å². The number of anilines is 1. The number of nitrogens with one attached hydrogen (secondary N) is 1. The average molecular weight is 230 g/mol. The lowest BCUT2D eigenvalue weighted by Gasteiger charge is -2.07. The van der Waals surface area contributed by atoms with E-state index in [9.17, 15) is 0 Å². The van der Waals surface area contributed by atoms with Crippen molar-refractivity contribution in [3.63, 3.8) is 0 Å². The lowest BCUT2D eigenvalue weighted by Crippen LogP contribution is -2.10. The number of imidazole rings is 1. The van der Waals surface area contributed by atoms with Crippen molar-refractivity contribution in [2.45, 2.75) is 26.8 Å². The SMILES string of the molecule is CCn1cc(C)nc1NCCc1ccccn1. The second-order valence-electron chi connectivity index (χ2n) is 3.99. The highest BCUT2D eigenvalue weighted by atomic mass is 15.2. The van der Waals surface area contributed by atoms with Gasteiger partial charge >= 0.3 is 0 Å². The Hall–Kier alpha value is -1.84. The van der Waals surface area contributed by atoms with E-state index in [-0.39, 0.29) is 0 Å². The van der Waals surface area contributed by atoms with Gasteiger partial charge in [0.25, 0.3) is 0 Å². The third kappa shape index (κ3) is 3.06. The molecule has 4 heteroatoms. The highest BCUT2D eigenvalue weighted by Gasteiger charge is 2.02. The highest BCUT2D eigenvalue weighted by Crippen LogP contribution is 2.08. The summed E-state index contributed by atoms with van der Waals surface area (Å²) in [5, 5.41) is 3.35. The Labute approximate surface area is 102 Å². The topological polar surface area (TPSA) is 42.7 Å². The summed E-state index contributed by atoms with van der Waals surface area (Å²) in [6.07, 6.45) is 4.80. The molecule has 0 unspecified atom stereocenters. The maximum Gasteiger partial charge on any atom is 0.203 e. The van der Waals surface area contributed by atoms with Crippen molar-refractivity contribution in [1.82, 2.24) is 14.5 Å². The van der Waals surface area contributed by atoms with Gasteiger partial charge in [0.05, 0.1) is 5.69 Å². The van der Waals surface area contributed by atoms with Crippen molar-refractivity contribution in [2.75, 3.05) is 11.9 Å². The summed E-state index contributed by atoms with van der Waals surface area (Å²) in [5.74, 6) is 0.945. The van der Waals surface area contributed by atoms with Crippen molar-refractivity contribution < 1.29 is 0 Å². The molecule has 0 amide bonds. The van der Waals surface area contributed by atoms with Gasteiger partial charge in [-0.2, -0.15) is 0 Å². The zero-order valence-electron chi connectivity index (χ0n) is 10.3. The van der Waals surface area contributed by atoms with Crippen LogP contribution in [-0.4, -0.2) is 21.1 Å². The summed E-state index contributed by atoms with van der Waals surface area (Å²) in [6, 6.07) is 5.99. The monoisotopic (exact) mass is 230 g/mol. The first-order valence-corrected chi connectivity index (χ1v) is 5.97. The summed E-state index contributed by atoms with van der Waals surface area (Å²) in [5.41, 5.74) is 2.15. The van der Waals surface area contributed by atoms with Gasteiger partial charge < -0.3 is 9.88 Å². The molecule has 0 spiro atoms. The van der Waals surface area contributed by atoms with Gasteiger partial charge in [-0.15, -0.1) is 0 Å². The minimum Gasteiger partial charge on any atom is -0.355 e. The lowest BCUT2D eigenvalue weighted by atomic mass is 10.3. The molecule has 0 radical (unpaired) electrons. The van der Waals surface area contributed by atoms with Gasteiger partial charge in [-0.1, -0.05) is 6.07 Å². The molecule has 1 N–H and O–H groups in total. The molecule has 0 aromatic carbocycles. The number of pyridine rings is 1. The Kier molecular flexibility index (Phi) is 3.75. The highest BCUT2D eigenvalue weighted by molar-refractivity contribution is 5.28. The van der Waals surface area contributed by atoms with Gasteiger partial charge in [-0.05, 0) is 26.0 Å². The molecule has 0 atom stereocenters. The molecule has 4 nitrogen and oxygen atoms in total. The summed E-state index contributed by atoms with van der Waals surface area (Å²) in [4.78, 5) is 8.73. The molecule has 2 aromatic heterocycles. The first kappa shape index (κ1) is 11.6. The predicted octanol–water partition coefficient (Wildman–Crippen LogP) is 2.26. The standard InChI is InChI=1S/C13H18N4/c1-3-17-10-11(2)16-13(17)15-9-7-12-6-4-5-8-14-12/h4-6,8,10H,3,7,9H2,1-2H3,(H,15,16). The third-order valence-electron chi connectivity index (χ3n) is 2.63. The van der Waals surface area contributed by atoms with Crippen LogP contribution in [0.5, 0.6) is 0 Å². The van der Waals surface area contributed by atoms with Crippen molar-refractivity contribution in [3.05, 3.63) is 42.0 Å². The van der Waals surface area contributed by atoms with E-state index in [0.29, 0.717) is 0 Å². The molecule has 2 heterocycles. The fourth-order valence-corrected chi connectivity index (χ4v) is 1.78. The minimum atomic E-state index is 0.855. The molecule has 90 valence electrons. The van der Waals surface area contributed by atoms with Gasteiger partial charge in [0.1, 0.15) is 0 Å². The van der Waals surface area contributed by atoms with Gasteiger partial charge in [-0.25, -0.2) is 4.98 Å². The van der Waals surface area contributed by atoms with Crippen molar-refractivity contribution in [3.8, 4) is 0 Å². The molecule has 0 bridgehead atoms. The molecule has 17 heavy (non-hydrogen) atoms. The lowest BCUT2D eigenvalue weighted by molar-refractivity contribution is 0.760. The molecule has 0 aliphatic heterocycles. The van der Waals surface area contributed by atoms with Crippen LogP contribution in [0.4, 0.5) is 5.95 Å². The van der Waals surface area contributed by atoms with E-state index in [1.54, 1.807) is 0 Å². The fraction of sp³-hybridized carbons (Fsp3) is 0.385. The number of rotatable bonds is 5. The van der Waals surface area contributed by atoms with E-state index < -0.39 is 0 Å². The summed E-state index contributed by atoms with van der Waals surface area (Å²) in [7, 11) is 0. The van der Waals surface area contributed by atoms with Crippen LogP contribution >= 0.6 is 0 Å². The third-order valence-corrected chi connectivity index (χ3v) is 2.63. The molecule has 0 saturated carbocycles. The molecule has 0 saturated heterocycles. The molecule has 2 aromatic rings. The smallest absolute Gasteiger partial charge is 0.203 e. The Balaban J connectivity index is 1.90. The van der Waals surface area contributed by atoms with Crippen LogP contribution in [0.25, 0.3) is 0 Å². The second-order valence-corrected chi connectivity index (χ2v) is 3.99. The quantitative estimate of drug-likeness (QED) is 0.856. The molecule has 0 fully saturated rings. The summed E-state index contributed by atoms with van der Waals surface area (Å²) >= 11 is 0. The Morgan fingerprint density at radius 3 is 2.94 bits per heavy atom. The zero-order valence-corrected chi connectivity index (χ0v) is 10.3. The van der Waals surface area contributed by atoms with Crippen LogP contribution < -0.4 is 5.32 Å². The molecule has 2 rings (SSSR count). The van der Waals surface area contributed by atoms with E-state index in [2.05, 4.69) is 33.0 Å². The van der Waals surface area contributed by atoms with Crippen LogP contribution in [-0.2, 0) is 13.0 Å². The number of aryl methyl sites for hydroxylation is 2. The largest absolute Gasteiger partial charge is 0.355 e. The zero-order chi connectivity index (χ0) is 12.1. The van der Waals surface area contributed by atoms with E-state index >= 15 is 0 Å². The van der Waals surface area contributed by atoms with Crippen LogP contribution in [0.3, 0.4) is 0 Å². The van der Waals surface area contributed by atoms with Gasteiger partial charge in [0, 0.05) is 37.6 Å². The van der Waals surface area contributed by atoms with E-state index in [1.807, 2.05) is 31.3 Å². The second kappa shape index (κ2) is 5.48. The van der Waals surface area contributed by atoms with Crippen LogP contribution in [0.2, 0.25) is 0 Å². The van der Waals surface area contributed by atoms with E-state index in [0.717, 1.165) is 36.8 Å². The number of hydrogen-bond donors (Lipinski definition) is 1. The Bertz CT molecular complexity index is 462. The summed E-state index contributed by atoms with van der Waals surface area (Å²) in [6.45, 7) is 5.92. The molecular formula is C13H18N4. The van der Waals surface area contributed by atoms with Crippen LogP contribution in [0.1, 0.15) is 18.3 Å². The number of hydrogen-bond acceptors (Lipinski definition) is 3. The van der Waals surface area contributed by atoms with Crippen LogP contribution in [0, 0.1) is 6.92 Å². The van der Waals surface area contributed by atoms with Crippen molar-refractivity contribution in [2.24, 2.45) is 0 Å². The molecule has 0 aliphatic carbocycles. The van der Waals surface area contributed by atoms with Gasteiger partial charge in [0.2, 0.25) is 5.95 Å². The predicted molar refractivity (Wildman–Crippen MR) is 69.1 cm³/mol. The number of nitrogens with zero attached hydrogens (tertiary/aromatic N) is 3. The normalized spacial score (nSPS) is 10.5. The first-order valence-electron chi connectivity index (χ1n) is 5.97. The first-order chi connectivity index (χ1) is 8.29.